The molecule has 0 aliphatic carbocycles. The maximum atomic E-state index is 13.0. The highest BCUT2D eigenvalue weighted by Crippen LogP contribution is 2.18. The van der Waals surface area contributed by atoms with E-state index in [1.165, 1.54) is 0 Å². The number of anilines is 1. The molecule has 9 heteroatoms. The molecule has 3 rings (SSSR count). The van der Waals surface area contributed by atoms with Crippen molar-refractivity contribution in [3.8, 4) is 0 Å². The second-order valence-electron chi connectivity index (χ2n) is 6.26. The van der Waals surface area contributed by atoms with E-state index >= 15 is 0 Å². The topological polar surface area (TPSA) is 87.6 Å². The Labute approximate surface area is 178 Å². The van der Waals surface area contributed by atoms with Gasteiger partial charge in [0.2, 0.25) is 0 Å². The van der Waals surface area contributed by atoms with Crippen LogP contribution in [0.1, 0.15) is 22.8 Å². The minimum absolute atomic E-state index is 0.110. The number of rotatable bonds is 6. The maximum absolute atomic E-state index is 13.0. The lowest BCUT2D eigenvalue weighted by Crippen LogP contribution is -2.20. The Kier molecular flexibility index (Phi) is 6.49. The van der Waals surface area contributed by atoms with Crippen LogP contribution in [0.15, 0.2) is 82.8 Å². The first-order chi connectivity index (χ1) is 14.3. The van der Waals surface area contributed by atoms with Crippen molar-refractivity contribution in [3.05, 3.63) is 94.8 Å². The number of hydrazone groups is 1. The van der Waals surface area contributed by atoms with Gasteiger partial charge in [0.15, 0.2) is 0 Å². The molecule has 0 unspecified atom stereocenters. The molecule has 0 saturated heterocycles. The summed E-state index contributed by atoms with van der Waals surface area (Å²) in [6, 6.07) is 17.8. The summed E-state index contributed by atoms with van der Waals surface area (Å²) >= 11 is 6.04. The van der Waals surface area contributed by atoms with Gasteiger partial charge in [-0.25, -0.2) is 4.39 Å². The summed E-state index contributed by atoms with van der Waals surface area (Å²) in [4.78, 5) is 14.4. The van der Waals surface area contributed by atoms with Crippen molar-refractivity contribution in [2.45, 2.75) is 11.8 Å². The van der Waals surface area contributed by atoms with Crippen LogP contribution in [0.25, 0.3) is 0 Å². The smallest absolute Gasteiger partial charge is 0.276 e. The van der Waals surface area contributed by atoms with Crippen LogP contribution in [0.2, 0.25) is 5.02 Å². The van der Waals surface area contributed by atoms with Crippen molar-refractivity contribution >= 4 is 38.9 Å². The van der Waals surface area contributed by atoms with E-state index in [9.17, 15) is 17.6 Å². The van der Waals surface area contributed by atoms with Gasteiger partial charge in [-0.3, -0.25) is 4.79 Å². The van der Waals surface area contributed by atoms with Crippen LogP contribution < -0.4 is 10.1 Å². The lowest BCUT2D eigenvalue weighted by atomic mass is 10.1. The zero-order chi connectivity index (χ0) is 21.7. The molecular formula is C21H17ClFN3O3S. The molecule has 2 N–H and O–H groups in total. The van der Waals surface area contributed by atoms with E-state index in [1.54, 1.807) is 55.5 Å². The molecule has 0 aliphatic heterocycles. The summed E-state index contributed by atoms with van der Waals surface area (Å²) in [5.74, 6) is -0.909. The van der Waals surface area contributed by atoms with Crippen molar-refractivity contribution in [1.29, 1.82) is 0 Å². The van der Waals surface area contributed by atoms with Gasteiger partial charge in [-0.1, -0.05) is 35.9 Å². The van der Waals surface area contributed by atoms with Gasteiger partial charge in [0.05, 0.1) is 21.2 Å². The SMILES string of the molecule is C/C(=N/NS(=O)(=O)c1ccc(F)cc1)c1cccc(NC(=O)c2ccccc2Cl)c1. The van der Waals surface area contributed by atoms with E-state index < -0.39 is 15.8 Å². The number of nitrogens with zero attached hydrogens (tertiary/aromatic N) is 1. The van der Waals surface area contributed by atoms with Crippen LogP contribution in [0.3, 0.4) is 0 Å². The third kappa shape index (κ3) is 5.22. The number of hydrogen-bond acceptors (Lipinski definition) is 4. The summed E-state index contributed by atoms with van der Waals surface area (Å²) < 4.78 is 37.5. The van der Waals surface area contributed by atoms with Crippen LogP contribution in [0.4, 0.5) is 10.1 Å². The Balaban J connectivity index is 1.75. The van der Waals surface area contributed by atoms with E-state index in [0.717, 1.165) is 24.3 Å². The monoisotopic (exact) mass is 445 g/mol. The van der Waals surface area contributed by atoms with Gasteiger partial charge in [-0.15, -0.1) is 0 Å². The first kappa shape index (κ1) is 21.5. The Hall–Kier alpha value is -3.23. The molecule has 0 aliphatic rings. The highest BCUT2D eigenvalue weighted by Gasteiger charge is 2.14. The van der Waals surface area contributed by atoms with Crippen molar-refractivity contribution in [1.82, 2.24) is 4.83 Å². The standard InChI is InChI=1S/C21H17ClFN3O3S/c1-14(25-26-30(28,29)18-11-9-16(23)10-12-18)15-5-4-6-17(13-15)24-21(27)19-7-2-3-8-20(19)22/h2-13,26H,1H3,(H,24,27)/b25-14-. The van der Waals surface area contributed by atoms with E-state index in [1.807, 2.05) is 0 Å². The van der Waals surface area contributed by atoms with E-state index in [-0.39, 0.29) is 10.8 Å². The van der Waals surface area contributed by atoms with Gasteiger partial charge in [-0.05, 0) is 61.0 Å². The maximum Gasteiger partial charge on any atom is 0.276 e. The van der Waals surface area contributed by atoms with E-state index in [2.05, 4.69) is 15.2 Å². The fourth-order valence-corrected chi connectivity index (χ4v) is 3.60. The number of carbonyl (C=O) groups excluding carboxylic acids is 1. The Morgan fingerprint density at radius 2 is 1.70 bits per heavy atom. The largest absolute Gasteiger partial charge is 0.322 e. The molecule has 0 saturated carbocycles. The van der Waals surface area contributed by atoms with Crippen molar-refractivity contribution in [2.24, 2.45) is 5.10 Å². The number of nitrogens with one attached hydrogen (secondary N) is 2. The zero-order valence-corrected chi connectivity index (χ0v) is 17.3. The molecule has 0 bridgehead atoms. The number of sulfonamides is 1. The first-order valence-electron chi connectivity index (χ1n) is 8.74. The summed E-state index contributed by atoms with van der Waals surface area (Å²) in [6.45, 7) is 1.61. The van der Waals surface area contributed by atoms with E-state index in [4.69, 9.17) is 11.6 Å². The molecule has 0 aromatic heterocycles. The minimum Gasteiger partial charge on any atom is -0.322 e. The van der Waals surface area contributed by atoms with Crippen LogP contribution in [0, 0.1) is 5.82 Å². The zero-order valence-electron chi connectivity index (χ0n) is 15.8. The van der Waals surface area contributed by atoms with Crippen molar-refractivity contribution in [2.75, 3.05) is 5.32 Å². The average Bonchev–Trinajstić information content (AvgIpc) is 2.73. The van der Waals surface area contributed by atoms with Gasteiger partial charge in [0.1, 0.15) is 5.82 Å². The molecule has 1 amide bonds. The number of carbonyl (C=O) groups is 1. The molecule has 0 atom stereocenters. The van der Waals surface area contributed by atoms with Crippen LogP contribution in [-0.2, 0) is 10.0 Å². The molecule has 30 heavy (non-hydrogen) atoms. The second-order valence-corrected chi connectivity index (χ2v) is 8.33. The van der Waals surface area contributed by atoms with Gasteiger partial charge in [-0.2, -0.15) is 18.4 Å². The average molecular weight is 446 g/mol. The molecule has 3 aromatic rings. The predicted octanol–water partition coefficient (Wildman–Crippen LogP) is 4.43. The Morgan fingerprint density at radius 3 is 2.40 bits per heavy atom. The quantitative estimate of drug-likeness (QED) is 0.434. The lowest BCUT2D eigenvalue weighted by Gasteiger charge is -2.09. The van der Waals surface area contributed by atoms with Gasteiger partial charge in [0, 0.05) is 5.69 Å². The summed E-state index contributed by atoms with van der Waals surface area (Å²) in [5.41, 5.74) is 1.79. The van der Waals surface area contributed by atoms with Gasteiger partial charge < -0.3 is 5.32 Å². The summed E-state index contributed by atoms with van der Waals surface area (Å²) in [7, 11) is -3.94. The van der Waals surface area contributed by atoms with Crippen molar-refractivity contribution in [3.63, 3.8) is 0 Å². The van der Waals surface area contributed by atoms with Crippen LogP contribution in [-0.4, -0.2) is 20.0 Å². The van der Waals surface area contributed by atoms with Gasteiger partial charge in [0.25, 0.3) is 15.9 Å². The highest BCUT2D eigenvalue weighted by atomic mass is 35.5. The molecule has 0 radical (unpaired) electrons. The predicted molar refractivity (Wildman–Crippen MR) is 115 cm³/mol. The first-order valence-corrected chi connectivity index (χ1v) is 10.6. The summed E-state index contributed by atoms with van der Waals surface area (Å²) in [5, 5.41) is 6.99. The molecule has 0 spiro atoms. The Morgan fingerprint density at radius 1 is 1.00 bits per heavy atom. The fourth-order valence-electron chi connectivity index (χ4n) is 2.53. The van der Waals surface area contributed by atoms with Crippen LogP contribution in [0.5, 0.6) is 0 Å². The number of amides is 1. The third-order valence-electron chi connectivity index (χ3n) is 4.11. The molecule has 3 aromatic carbocycles. The lowest BCUT2D eigenvalue weighted by molar-refractivity contribution is 0.102. The molecule has 0 fully saturated rings. The number of halogens is 2. The molecule has 6 nitrogen and oxygen atoms in total. The highest BCUT2D eigenvalue weighted by molar-refractivity contribution is 7.89. The van der Waals surface area contributed by atoms with Crippen molar-refractivity contribution < 1.29 is 17.6 Å². The molecular weight excluding hydrogens is 429 g/mol. The normalized spacial score (nSPS) is 11.8. The fraction of sp³-hybridized carbons (Fsp3) is 0.0476. The van der Waals surface area contributed by atoms with Gasteiger partial charge >= 0.3 is 0 Å². The number of benzene rings is 3. The minimum atomic E-state index is -3.94. The molecule has 154 valence electrons. The summed E-state index contributed by atoms with van der Waals surface area (Å²) in [6.07, 6.45) is 0. The molecule has 0 heterocycles. The van der Waals surface area contributed by atoms with Crippen LogP contribution >= 0.6 is 11.6 Å². The van der Waals surface area contributed by atoms with E-state index in [0.29, 0.717) is 27.5 Å². The third-order valence-corrected chi connectivity index (χ3v) is 5.67. The Bertz CT molecular complexity index is 1210. The second kappa shape index (κ2) is 9.06. The number of hydrogen-bond donors (Lipinski definition) is 2.